The lowest BCUT2D eigenvalue weighted by Crippen LogP contribution is -2.02. The second-order valence-corrected chi connectivity index (χ2v) is 7.56. The van der Waals surface area contributed by atoms with Gasteiger partial charge in [-0.15, -0.1) is 0 Å². The molecule has 5 nitrogen and oxygen atoms in total. The summed E-state index contributed by atoms with van der Waals surface area (Å²) >= 11 is 6.87. The summed E-state index contributed by atoms with van der Waals surface area (Å²) in [4.78, 5) is 10.9. The molecule has 0 aliphatic rings. The Hall–Kier alpha value is -1.73. The summed E-state index contributed by atoms with van der Waals surface area (Å²) in [6, 6.07) is 7.05. The fourth-order valence-corrected chi connectivity index (χ4v) is 3.92. The molecule has 2 aromatic carbocycles. The maximum atomic E-state index is 10.9. The lowest BCUT2D eigenvalue weighted by atomic mass is 10.0. The largest absolute Gasteiger partial charge is 0.494 e. The standard InChI is InChI=1S/C18H19Br2NO4/c1-9(2)12-7-11(8-15(21)17(12)24-3)25-18-13(19)4-10(5-14(18)20)6-16(22)23/h4-5,7-9H,6,21H2,1-3H3,(H,22,23). The number of hydrogen-bond acceptors (Lipinski definition) is 4. The number of carboxylic acids is 1. The number of carboxylic acid groups (broad SMARTS) is 1. The lowest BCUT2D eigenvalue weighted by Gasteiger charge is -2.17. The third-order valence-electron chi connectivity index (χ3n) is 3.58. The fraction of sp³-hybridized carbons (Fsp3) is 0.278. The molecule has 0 aromatic heterocycles. The van der Waals surface area contributed by atoms with Crippen LogP contribution >= 0.6 is 31.9 Å². The minimum atomic E-state index is -0.892. The Morgan fingerprint density at radius 1 is 1.16 bits per heavy atom. The second kappa shape index (κ2) is 8.10. The SMILES string of the molecule is COc1c(N)cc(Oc2c(Br)cc(CC(=O)O)cc2Br)cc1C(C)C. The quantitative estimate of drug-likeness (QED) is 0.554. The van der Waals surface area contributed by atoms with Gasteiger partial charge in [0.05, 0.1) is 28.2 Å². The molecule has 0 amide bonds. The van der Waals surface area contributed by atoms with Gasteiger partial charge in [-0.3, -0.25) is 4.79 Å². The van der Waals surface area contributed by atoms with Crippen molar-refractivity contribution < 1.29 is 19.4 Å². The zero-order chi connectivity index (χ0) is 18.7. The van der Waals surface area contributed by atoms with Crippen molar-refractivity contribution in [3.63, 3.8) is 0 Å². The zero-order valence-electron chi connectivity index (χ0n) is 14.1. The first-order valence-corrected chi connectivity index (χ1v) is 9.16. The first kappa shape index (κ1) is 19.6. The minimum Gasteiger partial charge on any atom is -0.494 e. The molecule has 0 spiro atoms. The Balaban J connectivity index is 2.41. The number of ether oxygens (including phenoxy) is 2. The van der Waals surface area contributed by atoms with E-state index in [2.05, 4.69) is 31.9 Å². The topological polar surface area (TPSA) is 81.8 Å². The molecule has 25 heavy (non-hydrogen) atoms. The summed E-state index contributed by atoms with van der Waals surface area (Å²) in [7, 11) is 1.59. The maximum absolute atomic E-state index is 10.9. The number of halogens is 2. The fourth-order valence-electron chi connectivity index (χ4n) is 2.47. The molecule has 0 radical (unpaired) electrons. The van der Waals surface area contributed by atoms with Gasteiger partial charge >= 0.3 is 5.97 Å². The highest BCUT2D eigenvalue weighted by Crippen LogP contribution is 2.41. The van der Waals surface area contributed by atoms with E-state index >= 15 is 0 Å². The molecule has 2 aromatic rings. The van der Waals surface area contributed by atoms with Crippen LogP contribution in [0.25, 0.3) is 0 Å². The molecule has 0 aliphatic carbocycles. The van der Waals surface area contributed by atoms with Crippen molar-refractivity contribution in [2.75, 3.05) is 12.8 Å². The molecule has 2 rings (SSSR count). The minimum absolute atomic E-state index is 0.0650. The number of benzene rings is 2. The Kier molecular flexibility index (Phi) is 6.35. The van der Waals surface area contributed by atoms with Crippen LogP contribution in [-0.4, -0.2) is 18.2 Å². The Labute approximate surface area is 163 Å². The van der Waals surface area contributed by atoms with E-state index in [9.17, 15) is 4.79 Å². The number of methoxy groups -OCH3 is 1. The van der Waals surface area contributed by atoms with Gasteiger partial charge in [0.1, 0.15) is 11.5 Å². The van der Waals surface area contributed by atoms with Crippen LogP contribution in [0.1, 0.15) is 30.9 Å². The molecule has 0 bridgehead atoms. The van der Waals surface area contributed by atoms with Crippen molar-refractivity contribution in [1.29, 1.82) is 0 Å². The molecule has 3 N–H and O–H groups in total. The summed E-state index contributed by atoms with van der Waals surface area (Å²) in [6.07, 6.45) is -0.0650. The van der Waals surface area contributed by atoms with Crippen molar-refractivity contribution in [1.82, 2.24) is 0 Å². The van der Waals surface area contributed by atoms with E-state index in [1.54, 1.807) is 25.3 Å². The van der Waals surface area contributed by atoms with Gasteiger partial charge in [0.25, 0.3) is 0 Å². The van der Waals surface area contributed by atoms with Crippen molar-refractivity contribution in [3.05, 3.63) is 44.3 Å². The number of aliphatic carboxylic acids is 1. The van der Waals surface area contributed by atoms with E-state index in [0.29, 0.717) is 37.4 Å². The number of anilines is 1. The molecule has 134 valence electrons. The van der Waals surface area contributed by atoms with Crippen LogP contribution in [0.5, 0.6) is 17.2 Å². The van der Waals surface area contributed by atoms with Gasteiger partial charge in [-0.2, -0.15) is 0 Å². The predicted molar refractivity (Wildman–Crippen MR) is 105 cm³/mol. The van der Waals surface area contributed by atoms with Crippen molar-refractivity contribution >= 4 is 43.5 Å². The molecule has 0 atom stereocenters. The predicted octanol–water partition coefficient (Wildman–Crippen LogP) is 5.35. The van der Waals surface area contributed by atoms with Crippen LogP contribution in [0.3, 0.4) is 0 Å². The molecule has 0 aliphatic heterocycles. The molecular weight excluding hydrogens is 454 g/mol. The van der Waals surface area contributed by atoms with E-state index in [1.807, 2.05) is 19.9 Å². The van der Waals surface area contributed by atoms with E-state index in [0.717, 1.165) is 5.56 Å². The number of carbonyl (C=O) groups is 1. The monoisotopic (exact) mass is 471 g/mol. The van der Waals surface area contributed by atoms with Crippen LogP contribution in [0.4, 0.5) is 5.69 Å². The summed E-state index contributed by atoms with van der Waals surface area (Å²) in [5, 5.41) is 8.93. The number of nitrogen functional groups attached to an aromatic ring is 1. The van der Waals surface area contributed by atoms with Gasteiger partial charge in [-0.25, -0.2) is 0 Å². The van der Waals surface area contributed by atoms with E-state index in [-0.39, 0.29) is 12.3 Å². The number of hydrogen-bond donors (Lipinski definition) is 2. The second-order valence-electron chi connectivity index (χ2n) is 5.85. The number of nitrogens with two attached hydrogens (primary N) is 1. The smallest absolute Gasteiger partial charge is 0.307 e. The summed E-state index contributed by atoms with van der Waals surface area (Å²) in [5.74, 6) is 1.10. The van der Waals surface area contributed by atoms with Crippen molar-refractivity contribution in [3.8, 4) is 17.2 Å². The van der Waals surface area contributed by atoms with Crippen LogP contribution < -0.4 is 15.2 Å². The highest BCUT2D eigenvalue weighted by atomic mass is 79.9. The molecule has 0 heterocycles. The molecule has 0 saturated heterocycles. The molecule has 7 heteroatoms. The molecule has 0 saturated carbocycles. The van der Waals surface area contributed by atoms with E-state index in [1.165, 1.54) is 0 Å². The Bertz CT molecular complexity index is 783. The van der Waals surface area contributed by atoms with E-state index < -0.39 is 5.97 Å². The summed E-state index contributed by atoms with van der Waals surface area (Å²) < 4.78 is 12.7. The molecule has 0 unspecified atom stereocenters. The van der Waals surface area contributed by atoms with Crippen LogP contribution in [0.15, 0.2) is 33.2 Å². The van der Waals surface area contributed by atoms with Gasteiger partial charge in [-0.05, 0) is 61.5 Å². The molecular formula is C18H19Br2NO4. The Morgan fingerprint density at radius 2 is 1.76 bits per heavy atom. The summed E-state index contributed by atoms with van der Waals surface area (Å²) in [5.41, 5.74) is 8.20. The normalized spacial score (nSPS) is 10.8. The van der Waals surface area contributed by atoms with Gasteiger partial charge in [0.15, 0.2) is 5.75 Å². The van der Waals surface area contributed by atoms with Crippen molar-refractivity contribution in [2.45, 2.75) is 26.2 Å². The number of rotatable bonds is 6. The third kappa shape index (κ3) is 4.67. The lowest BCUT2D eigenvalue weighted by molar-refractivity contribution is -0.136. The maximum Gasteiger partial charge on any atom is 0.307 e. The first-order valence-electron chi connectivity index (χ1n) is 7.57. The van der Waals surface area contributed by atoms with E-state index in [4.69, 9.17) is 20.3 Å². The van der Waals surface area contributed by atoms with Gasteiger partial charge in [0.2, 0.25) is 0 Å². The molecule has 0 fully saturated rings. The average molecular weight is 473 g/mol. The van der Waals surface area contributed by atoms with Gasteiger partial charge in [-0.1, -0.05) is 13.8 Å². The highest BCUT2D eigenvalue weighted by molar-refractivity contribution is 9.11. The van der Waals surface area contributed by atoms with Crippen molar-refractivity contribution in [2.24, 2.45) is 0 Å². The third-order valence-corrected chi connectivity index (χ3v) is 4.76. The van der Waals surface area contributed by atoms with Gasteiger partial charge in [0, 0.05) is 11.6 Å². The van der Waals surface area contributed by atoms with Crippen LogP contribution in [-0.2, 0) is 11.2 Å². The van der Waals surface area contributed by atoms with Crippen LogP contribution in [0.2, 0.25) is 0 Å². The highest BCUT2D eigenvalue weighted by Gasteiger charge is 2.16. The van der Waals surface area contributed by atoms with Gasteiger partial charge < -0.3 is 20.3 Å². The zero-order valence-corrected chi connectivity index (χ0v) is 17.3. The summed E-state index contributed by atoms with van der Waals surface area (Å²) in [6.45, 7) is 4.10. The van der Waals surface area contributed by atoms with Crippen LogP contribution in [0, 0.1) is 0 Å². The first-order chi connectivity index (χ1) is 11.7. The average Bonchev–Trinajstić information content (AvgIpc) is 2.49. The Morgan fingerprint density at radius 3 is 2.24 bits per heavy atom.